The molecule has 1 aliphatic heterocycles. The van der Waals surface area contributed by atoms with Gasteiger partial charge < -0.3 is 19.1 Å². The predicted molar refractivity (Wildman–Crippen MR) is 75.5 cm³/mol. The van der Waals surface area contributed by atoms with Gasteiger partial charge in [-0.05, 0) is 23.8 Å². The summed E-state index contributed by atoms with van der Waals surface area (Å²) in [5, 5.41) is 9.35. The van der Waals surface area contributed by atoms with Crippen molar-refractivity contribution >= 4 is 5.57 Å². The first kappa shape index (κ1) is 14.2. The molecule has 5 heteroatoms. The van der Waals surface area contributed by atoms with Crippen LogP contribution in [0.5, 0.6) is 11.5 Å². The van der Waals surface area contributed by atoms with Gasteiger partial charge in [-0.3, -0.25) is 0 Å². The highest BCUT2D eigenvalue weighted by Crippen LogP contribution is 2.30. The Morgan fingerprint density at radius 1 is 1.25 bits per heavy atom. The van der Waals surface area contributed by atoms with Crippen LogP contribution in [0.1, 0.15) is 5.56 Å². The van der Waals surface area contributed by atoms with E-state index in [1.54, 1.807) is 20.3 Å². The van der Waals surface area contributed by atoms with E-state index in [1.165, 1.54) is 0 Å². The molecule has 0 atom stereocenters. The smallest absolute Gasteiger partial charge is 0.161 e. The lowest BCUT2D eigenvalue weighted by Gasteiger charge is -2.25. The number of allylic oxidation sites excluding steroid dienone is 1. The first-order valence-electron chi connectivity index (χ1n) is 6.44. The second-order valence-electron chi connectivity index (χ2n) is 4.37. The molecule has 106 valence electrons. The Bertz CT molecular complexity index is 528. The number of nitrogens with zero attached hydrogens (tertiary/aromatic N) is 2. The van der Waals surface area contributed by atoms with E-state index in [4.69, 9.17) is 14.2 Å². The zero-order valence-corrected chi connectivity index (χ0v) is 11.8. The highest BCUT2D eigenvalue weighted by Gasteiger charge is 2.11. The number of rotatable bonds is 4. The Labute approximate surface area is 119 Å². The van der Waals surface area contributed by atoms with Crippen molar-refractivity contribution in [2.45, 2.75) is 0 Å². The zero-order valence-electron chi connectivity index (χ0n) is 11.8. The van der Waals surface area contributed by atoms with Crippen LogP contribution < -0.4 is 9.47 Å². The molecule has 5 nitrogen and oxygen atoms in total. The molecule has 1 heterocycles. The lowest BCUT2D eigenvalue weighted by molar-refractivity contribution is 0.0596. The molecule has 1 aromatic carbocycles. The quantitative estimate of drug-likeness (QED) is 0.785. The van der Waals surface area contributed by atoms with Gasteiger partial charge >= 0.3 is 0 Å². The summed E-state index contributed by atoms with van der Waals surface area (Å²) in [6.45, 7) is 3.00. The van der Waals surface area contributed by atoms with Crippen molar-refractivity contribution < 1.29 is 14.2 Å². The third-order valence-electron chi connectivity index (χ3n) is 3.17. The maximum absolute atomic E-state index is 9.35. The molecule has 0 aliphatic carbocycles. The topological polar surface area (TPSA) is 54.7 Å². The van der Waals surface area contributed by atoms with Crippen LogP contribution in [0.3, 0.4) is 0 Å². The fourth-order valence-corrected chi connectivity index (χ4v) is 2.06. The number of hydrogen-bond donors (Lipinski definition) is 0. The monoisotopic (exact) mass is 274 g/mol. The summed E-state index contributed by atoms with van der Waals surface area (Å²) in [5.74, 6) is 1.27. The summed E-state index contributed by atoms with van der Waals surface area (Å²) in [5.41, 5.74) is 1.42. The predicted octanol–water partition coefficient (Wildman–Crippen LogP) is 1.90. The number of methoxy groups -OCH3 is 2. The molecule has 0 spiro atoms. The fraction of sp³-hybridized carbons (Fsp3) is 0.400. The summed E-state index contributed by atoms with van der Waals surface area (Å²) in [4.78, 5) is 2.10. The number of morpholine rings is 1. The standard InChI is InChI=1S/C15H18N2O3/c1-18-14-4-3-12(9-15(14)19-2)13(10-16)11-17-5-7-20-8-6-17/h3-4,9,11H,5-8H2,1-2H3. The minimum atomic E-state index is 0.604. The molecule has 1 aliphatic rings. The highest BCUT2D eigenvalue weighted by molar-refractivity contribution is 5.77. The van der Waals surface area contributed by atoms with E-state index in [0.717, 1.165) is 18.7 Å². The van der Waals surface area contributed by atoms with Crippen molar-refractivity contribution in [3.8, 4) is 17.6 Å². The van der Waals surface area contributed by atoms with E-state index in [-0.39, 0.29) is 0 Å². The number of nitriles is 1. The lowest BCUT2D eigenvalue weighted by Crippen LogP contribution is -2.32. The Kier molecular flexibility index (Phi) is 4.85. The van der Waals surface area contributed by atoms with Gasteiger partial charge in [0.15, 0.2) is 11.5 Å². The fourth-order valence-electron chi connectivity index (χ4n) is 2.06. The van der Waals surface area contributed by atoms with Crippen LogP contribution in [-0.4, -0.2) is 45.4 Å². The molecule has 0 aromatic heterocycles. The molecule has 0 amide bonds. The van der Waals surface area contributed by atoms with E-state index in [9.17, 15) is 5.26 Å². The van der Waals surface area contributed by atoms with Gasteiger partial charge in [-0.2, -0.15) is 5.26 Å². The Hall–Kier alpha value is -2.19. The van der Waals surface area contributed by atoms with Crippen molar-refractivity contribution in [3.05, 3.63) is 30.0 Å². The van der Waals surface area contributed by atoms with E-state index in [0.29, 0.717) is 30.3 Å². The Morgan fingerprint density at radius 3 is 2.55 bits per heavy atom. The van der Waals surface area contributed by atoms with Crippen LogP contribution in [0.4, 0.5) is 0 Å². The van der Waals surface area contributed by atoms with Gasteiger partial charge in [0.05, 0.1) is 33.0 Å². The molecule has 0 bridgehead atoms. The van der Waals surface area contributed by atoms with Crippen molar-refractivity contribution in [1.29, 1.82) is 5.26 Å². The number of ether oxygens (including phenoxy) is 3. The zero-order chi connectivity index (χ0) is 14.4. The molecule has 2 rings (SSSR count). The van der Waals surface area contributed by atoms with Crippen LogP contribution in [0, 0.1) is 11.3 Å². The van der Waals surface area contributed by atoms with Crippen molar-refractivity contribution in [2.24, 2.45) is 0 Å². The summed E-state index contributed by atoms with van der Waals surface area (Å²) in [6.07, 6.45) is 1.88. The van der Waals surface area contributed by atoms with Crippen molar-refractivity contribution in [2.75, 3.05) is 40.5 Å². The first-order valence-corrected chi connectivity index (χ1v) is 6.44. The summed E-state index contributed by atoms with van der Waals surface area (Å²) in [6, 6.07) is 7.71. The third kappa shape index (κ3) is 3.22. The maximum atomic E-state index is 9.35. The van der Waals surface area contributed by atoms with Crippen LogP contribution in [0.2, 0.25) is 0 Å². The second-order valence-corrected chi connectivity index (χ2v) is 4.37. The van der Waals surface area contributed by atoms with Gasteiger partial charge in [0.25, 0.3) is 0 Å². The lowest BCUT2D eigenvalue weighted by atomic mass is 10.1. The molecule has 20 heavy (non-hydrogen) atoms. The van der Waals surface area contributed by atoms with E-state index < -0.39 is 0 Å². The summed E-state index contributed by atoms with van der Waals surface area (Å²) >= 11 is 0. The number of hydrogen-bond acceptors (Lipinski definition) is 5. The average Bonchev–Trinajstić information content (AvgIpc) is 2.53. The van der Waals surface area contributed by atoms with Crippen molar-refractivity contribution in [1.82, 2.24) is 4.90 Å². The Morgan fingerprint density at radius 2 is 1.95 bits per heavy atom. The van der Waals surface area contributed by atoms with Gasteiger partial charge in [0.1, 0.15) is 6.07 Å². The second kappa shape index (κ2) is 6.83. The largest absolute Gasteiger partial charge is 0.493 e. The molecule has 1 saturated heterocycles. The maximum Gasteiger partial charge on any atom is 0.161 e. The normalized spacial score (nSPS) is 15.7. The van der Waals surface area contributed by atoms with Gasteiger partial charge in [-0.15, -0.1) is 0 Å². The van der Waals surface area contributed by atoms with Crippen molar-refractivity contribution in [3.63, 3.8) is 0 Å². The van der Waals surface area contributed by atoms with Gasteiger partial charge in [-0.1, -0.05) is 0 Å². The van der Waals surface area contributed by atoms with Crippen LogP contribution in [0.15, 0.2) is 24.4 Å². The molecule has 1 aromatic rings. The SMILES string of the molecule is COc1ccc(C(C#N)=CN2CCOCC2)cc1OC. The Balaban J connectivity index is 2.27. The first-order chi connectivity index (χ1) is 9.78. The summed E-state index contributed by atoms with van der Waals surface area (Å²) in [7, 11) is 3.17. The van der Waals surface area contributed by atoms with E-state index in [1.807, 2.05) is 18.3 Å². The molecule has 0 N–H and O–H groups in total. The molecule has 1 fully saturated rings. The minimum Gasteiger partial charge on any atom is -0.493 e. The van der Waals surface area contributed by atoms with Gasteiger partial charge in [-0.25, -0.2) is 0 Å². The van der Waals surface area contributed by atoms with E-state index in [2.05, 4.69) is 11.0 Å². The van der Waals surface area contributed by atoms with E-state index >= 15 is 0 Å². The number of benzene rings is 1. The molecular weight excluding hydrogens is 256 g/mol. The minimum absolute atomic E-state index is 0.604. The molecule has 0 unspecified atom stereocenters. The van der Waals surface area contributed by atoms with Crippen LogP contribution in [-0.2, 0) is 4.74 Å². The van der Waals surface area contributed by atoms with Gasteiger partial charge in [0.2, 0.25) is 0 Å². The van der Waals surface area contributed by atoms with Crippen LogP contribution in [0.25, 0.3) is 5.57 Å². The highest BCUT2D eigenvalue weighted by atomic mass is 16.5. The average molecular weight is 274 g/mol. The summed E-state index contributed by atoms with van der Waals surface area (Å²) < 4.78 is 15.8. The molecule has 0 radical (unpaired) electrons. The van der Waals surface area contributed by atoms with Crippen LogP contribution >= 0.6 is 0 Å². The van der Waals surface area contributed by atoms with Gasteiger partial charge in [0, 0.05) is 19.3 Å². The molecular formula is C15H18N2O3. The molecule has 0 saturated carbocycles. The third-order valence-corrected chi connectivity index (χ3v) is 3.17.